The first kappa shape index (κ1) is 8.07. The van der Waals surface area contributed by atoms with E-state index in [-0.39, 0.29) is 0 Å². The topological polar surface area (TPSA) is 20.2 Å². The van der Waals surface area contributed by atoms with Crippen molar-refractivity contribution in [2.45, 2.75) is 6.04 Å². The first-order valence-corrected chi connectivity index (χ1v) is 5.71. The Labute approximate surface area is 77.0 Å². The molecule has 3 heteroatoms. The minimum Gasteiger partial charge on any atom is -0.507 e. The molecule has 1 N–H and O–H groups in total. The van der Waals surface area contributed by atoms with E-state index in [9.17, 15) is 5.11 Å². The van der Waals surface area contributed by atoms with Gasteiger partial charge in [0.2, 0.25) is 0 Å². The van der Waals surface area contributed by atoms with Gasteiger partial charge < -0.3 is 5.11 Å². The summed E-state index contributed by atoms with van der Waals surface area (Å²) < 4.78 is 0.950. The third-order valence-corrected chi connectivity index (χ3v) is 3.08. The average Bonchev–Trinajstić information content (AvgIpc) is 1.95. The maximum absolute atomic E-state index is 9.41. The van der Waals surface area contributed by atoms with Crippen LogP contribution in [0.5, 0.6) is 5.75 Å². The minimum atomic E-state index is 0.470. The van der Waals surface area contributed by atoms with Crippen LogP contribution in [0.25, 0.3) is 0 Å². The monoisotopic (exact) mass is 264 g/mol. The van der Waals surface area contributed by atoms with Crippen molar-refractivity contribution in [3.63, 3.8) is 0 Å². The standard InChI is InChI=1S/C7H9IOSi/c8-6-3-1-2-5(4-10)7(6)9/h1-3,9H,4H2,10H3. The Morgan fingerprint density at radius 3 is 2.70 bits per heavy atom. The van der Waals surface area contributed by atoms with Crippen molar-refractivity contribution in [1.82, 2.24) is 0 Å². The van der Waals surface area contributed by atoms with E-state index < -0.39 is 0 Å². The number of hydrogen-bond acceptors (Lipinski definition) is 1. The van der Waals surface area contributed by atoms with Crippen molar-refractivity contribution in [2.24, 2.45) is 0 Å². The normalized spacial score (nSPS) is 10.1. The smallest absolute Gasteiger partial charge is 0.131 e. The molecule has 1 aromatic rings. The number of phenolic OH excluding ortho intramolecular Hbond substituents is 1. The molecule has 0 amide bonds. The predicted octanol–water partition coefficient (Wildman–Crippen LogP) is 0.862. The Balaban J connectivity index is 3.14. The summed E-state index contributed by atoms with van der Waals surface area (Å²) in [5.74, 6) is 0.470. The average molecular weight is 264 g/mol. The third-order valence-electron chi connectivity index (χ3n) is 1.45. The second-order valence-corrected chi connectivity index (χ2v) is 3.97. The van der Waals surface area contributed by atoms with Gasteiger partial charge in [0, 0.05) is 10.2 Å². The number of rotatable bonds is 1. The summed E-state index contributed by atoms with van der Waals surface area (Å²) in [6.45, 7) is 0. The Morgan fingerprint density at radius 1 is 1.50 bits per heavy atom. The summed E-state index contributed by atoms with van der Waals surface area (Å²) in [6.07, 6.45) is 0. The molecule has 0 saturated heterocycles. The van der Waals surface area contributed by atoms with Gasteiger partial charge in [-0.2, -0.15) is 0 Å². The molecule has 0 aliphatic carbocycles. The summed E-state index contributed by atoms with van der Waals surface area (Å²) >= 11 is 2.14. The first-order valence-electron chi connectivity index (χ1n) is 3.22. The molecule has 10 heavy (non-hydrogen) atoms. The van der Waals surface area contributed by atoms with Crippen molar-refractivity contribution in [3.8, 4) is 5.75 Å². The molecule has 1 rings (SSSR count). The van der Waals surface area contributed by atoms with Gasteiger partial charge in [0.05, 0.1) is 3.57 Å². The summed E-state index contributed by atoms with van der Waals surface area (Å²) in [5, 5.41) is 9.41. The largest absolute Gasteiger partial charge is 0.507 e. The van der Waals surface area contributed by atoms with Crippen LogP contribution in [0.3, 0.4) is 0 Å². The van der Waals surface area contributed by atoms with E-state index in [1.807, 2.05) is 18.2 Å². The molecule has 0 fully saturated rings. The summed E-state index contributed by atoms with van der Waals surface area (Å²) in [4.78, 5) is 0. The number of benzene rings is 1. The molecule has 0 bridgehead atoms. The van der Waals surface area contributed by atoms with Gasteiger partial charge >= 0.3 is 0 Å². The van der Waals surface area contributed by atoms with Gasteiger partial charge in [-0.3, -0.25) is 0 Å². The van der Waals surface area contributed by atoms with Gasteiger partial charge in [-0.25, -0.2) is 0 Å². The molecule has 54 valence electrons. The third kappa shape index (κ3) is 1.52. The van der Waals surface area contributed by atoms with E-state index in [0.717, 1.165) is 25.4 Å². The molecule has 0 aromatic heterocycles. The molecule has 0 unspecified atom stereocenters. The Bertz CT molecular complexity index is 237. The second-order valence-electron chi connectivity index (χ2n) is 2.10. The van der Waals surface area contributed by atoms with Crippen LogP contribution in [-0.4, -0.2) is 15.3 Å². The van der Waals surface area contributed by atoms with Crippen LogP contribution >= 0.6 is 22.6 Å². The van der Waals surface area contributed by atoms with Gasteiger partial charge in [0.15, 0.2) is 0 Å². The van der Waals surface area contributed by atoms with Crippen molar-refractivity contribution >= 4 is 32.8 Å². The number of hydrogen-bond donors (Lipinski definition) is 1. The van der Waals surface area contributed by atoms with Gasteiger partial charge in [0.25, 0.3) is 0 Å². The molecule has 0 atom stereocenters. The molecule has 0 aliphatic rings. The summed E-state index contributed by atoms with van der Waals surface area (Å²) in [7, 11) is 1.11. The summed E-state index contributed by atoms with van der Waals surface area (Å²) in [5.41, 5.74) is 1.08. The second kappa shape index (κ2) is 3.38. The van der Waals surface area contributed by atoms with Crippen molar-refractivity contribution < 1.29 is 5.11 Å². The lowest BCUT2D eigenvalue weighted by molar-refractivity contribution is 0.466. The molecule has 0 radical (unpaired) electrons. The van der Waals surface area contributed by atoms with Gasteiger partial charge in [0.1, 0.15) is 5.75 Å². The van der Waals surface area contributed by atoms with E-state index in [0.29, 0.717) is 5.75 Å². The molecule has 0 heterocycles. The number of para-hydroxylation sites is 1. The summed E-state index contributed by atoms with van der Waals surface area (Å²) in [6, 6.07) is 6.90. The fourth-order valence-electron chi connectivity index (χ4n) is 0.845. The number of halogens is 1. The van der Waals surface area contributed by atoms with Crippen molar-refractivity contribution in [3.05, 3.63) is 27.3 Å². The molecular formula is C7H9IOSi. The predicted molar refractivity (Wildman–Crippen MR) is 54.5 cm³/mol. The molecule has 0 spiro atoms. The van der Waals surface area contributed by atoms with Crippen LogP contribution < -0.4 is 0 Å². The van der Waals surface area contributed by atoms with Crippen LogP contribution in [0, 0.1) is 3.57 Å². The maximum Gasteiger partial charge on any atom is 0.131 e. The van der Waals surface area contributed by atoms with E-state index in [2.05, 4.69) is 22.6 Å². The van der Waals surface area contributed by atoms with Crippen molar-refractivity contribution in [1.29, 1.82) is 0 Å². The lowest BCUT2D eigenvalue weighted by Gasteiger charge is -2.01. The molecule has 0 saturated carbocycles. The zero-order valence-electron chi connectivity index (χ0n) is 5.76. The number of phenols is 1. The SMILES string of the molecule is Oc1c(I)cccc1C[SiH3]. The molecule has 0 aliphatic heterocycles. The van der Waals surface area contributed by atoms with Crippen LogP contribution in [0.4, 0.5) is 0 Å². The molecular weight excluding hydrogens is 255 g/mol. The van der Waals surface area contributed by atoms with Gasteiger partial charge in [-0.05, 0) is 40.3 Å². The van der Waals surface area contributed by atoms with Gasteiger partial charge in [-0.1, -0.05) is 12.1 Å². The molecule has 1 aromatic carbocycles. The van der Waals surface area contributed by atoms with Crippen LogP contribution in [0.1, 0.15) is 5.56 Å². The highest BCUT2D eigenvalue weighted by molar-refractivity contribution is 14.1. The Hall–Kier alpha value is -0.0331. The van der Waals surface area contributed by atoms with Gasteiger partial charge in [-0.15, -0.1) is 0 Å². The quantitative estimate of drug-likeness (QED) is 0.589. The number of aromatic hydroxyl groups is 1. The first-order chi connectivity index (χ1) is 4.75. The van der Waals surface area contributed by atoms with Crippen molar-refractivity contribution in [2.75, 3.05) is 0 Å². The lowest BCUT2D eigenvalue weighted by atomic mass is 10.2. The highest BCUT2D eigenvalue weighted by Gasteiger charge is 2.00. The fraction of sp³-hybridized carbons (Fsp3) is 0.143. The van der Waals surface area contributed by atoms with E-state index >= 15 is 0 Å². The minimum absolute atomic E-state index is 0.470. The highest BCUT2D eigenvalue weighted by Crippen LogP contribution is 2.23. The van der Waals surface area contributed by atoms with Crippen LogP contribution in [0.15, 0.2) is 18.2 Å². The van der Waals surface area contributed by atoms with E-state index in [4.69, 9.17) is 0 Å². The lowest BCUT2D eigenvalue weighted by Crippen LogP contribution is -1.85. The zero-order valence-corrected chi connectivity index (χ0v) is 9.92. The zero-order chi connectivity index (χ0) is 7.56. The highest BCUT2D eigenvalue weighted by atomic mass is 127. The fourth-order valence-corrected chi connectivity index (χ4v) is 1.97. The van der Waals surface area contributed by atoms with E-state index in [1.54, 1.807) is 0 Å². The Morgan fingerprint density at radius 2 is 2.20 bits per heavy atom. The van der Waals surface area contributed by atoms with Crippen LogP contribution in [0.2, 0.25) is 0 Å². The molecule has 1 nitrogen and oxygen atoms in total. The van der Waals surface area contributed by atoms with E-state index in [1.165, 1.54) is 0 Å². The maximum atomic E-state index is 9.41. The van der Waals surface area contributed by atoms with Crippen LogP contribution in [-0.2, 0) is 6.04 Å². The Kier molecular flexibility index (Phi) is 2.73.